The molecule has 0 aliphatic carbocycles. The van der Waals surface area contributed by atoms with E-state index >= 15 is 0 Å². The monoisotopic (exact) mass is 292 g/mol. The van der Waals surface area contributed by atoms with Crippen molar-refractivity contribution in [2.75, 3.05) is 0 Å². The van der Waals surface area contributed by atoms with Gasteiger partial charge in [0, 0.05) is 17.1 Å². The molecule has 3 rings (SSSR count). The van der Waals surface area contributed by atoms with E-state index in [0.29, 0.717) is 6.61 Å². The molecule has 0 bridgehead atoms. The Morgan fingerprint density at radius 3 is 2.77 bits per heavy atom. The lowest BCUT2D eigenvalue weighted by Gasteiger charge is -2.06. The van der Waals surface area contributed by atoms with Gasteiger partial charge in [-0.3, -0.25) is 0 Å². The number of H-pyrrole nitrogens is 1. The third-order valence-electron chi connectivity index (χ3n) is 3.33. The SMILES string of the molecule is O=C([O-])/C=C/c1c[nH]c2ccc(OCc3ccccc3)cc12. The highest BCUT2D eigenvalue weighted by Gasteiger charge is 2.03. The fourth-order valence-corrected chi connectivity index (χ4v) is 2.25. The first kappa shape index (κ1) is 13.9. The van der Waals surface area contributed by atoms with Gasteiger partial charge in [-0.15, -0.1) is 0 Å². The molecule has 0 aliphatic heterocycles. The first-order chi connectivity index (χ1) is 10.7. The summed E-state index contributed by atoms with van der Waals surface area (Å²) in [5.41, 5.74) is 2.79. The van der Waals surface area contributed by atoms with Gasteiger partial charge in [0.15, 0.2) is 0 Å². The van der Waals surface area contributed by atoms with Crippen LogP contribution in [0, 0.1) is 0 Å². The Morgan fingerprint density at radius 2 is 2.00 bits per heavy atom. The van der Waals surface area contributed by atoms with Gasteiger partial charge in [-0.25, -0.2) is 0 Å². The first-order valence-electron chi connectivity index (χ1n) is 6.89. The Balaban J connectivity index is 1.82. The van der Waals surface area contributed by atoms with Gasteiger partial charge in [0.25, 0.3) is 0 Å². The van der Waals surface area contributed by atoms with Crippen molar-refractivity contribution in [3.05, 3.63) is 71.9 Å². The number of carbonyl (C=O) groups excluding carboxylic acids is 1. The lowest BCUT2D eigenvalue weighted by molar-refractivity contribution is -0.297. The molecule has 22 heavy (non-hydrogen) atoms. The molecule has 3 aromatic rings. The zero-order valence-corrected chi connectivity index (χ0v) is 11.8. The predicted octanol–water partition coefficient (Wildman–Crippen LogP) is 2.51. The average molecular weight is 292 g/mol. The molecule has 2 aromatic carbocycles. The lowest BCUT2D eigenvalue weighted by atomic mass is 10.1. The minimum absolute atomic E-state index is 0.487. The number of aliphatic carboxylic acids is 1. The second-order valence-corrected chi connectivity index (χ2v) is 4.88. The van der Waals surface area contributed by atoms with Crippen LogP contribution < -0.4 is 9.84 Å². The van der Waals surface area contributed by atoms with Crippen molar-refractivity contribution in [2.45, 2.75) is 6.61 Å². The van der Waals surface area contributed by atoms with Crippen molar-refractivity contribution in [2.24, 2.45) is 0 Å². The quantitative estimate of drug-likeness (QED) is 0.735. The Bertz CT molecular complexity index is 819. The van der Waals surface area contributed by atoms with Crippen LogP contribution in [-0.2, 0) is 11.4 Å². The molecule has 4 heteroatoms. The summed E-state index contributed by atoms with van der Waals surface area (Å²) in [5.74, 6) is -0.482. The normalized spacial score (nSPS) is 11.1. The summed E-state index contributed by atoms with van der Waals surface area (Å²) in [7, 11) is 0. The summed E-state index contributed by atoms with van der Waals surface area (Å²) < 4.78 is 5.78. The summed E-state index contributed by atoms with van der Waals surface area (Å²) in [6.45, 7) is 0.487. The van der Waals surface area contributed by atoms with Crippen LogP contribution in [0.4, 0.5) is 0 Å². The Kier molecular flexibility index (Phi) is 3.92. The Hall–Kier alpha value is -3.01. The zero-order valence-electron chi connectivity index (χ0n) is 11.8. The number of carbonyl (C=O) groups is 1. The van der Waals surface area contributed by atoms with E-state index in [4.69, 9.17) is 4.74 Å². The van der Waals surface area contributed by atoms with Crippen molar-refractivity contribution in [1.82, 2.24) is 4.98 Å². The number of carboxylic acid groups (broad SMARTS) is 1. The number of ether oxygens (including phenoxy) is 1. The number of nitrogens with one attached hydrogen (secondary N) is 1. The highest BCUT2D eigenvalue weighted by molar-refractivity contribution is 5.93. The molecule has 0 saturated heterocycles. The Labute approximate surface area is 127 Å². The van der Waals surface area contributed by atoms with Gasteiger partial charge in [-0.05, 0) is 35.4 Å². The summed E-state index contributed by atoms with van der Waals surface area (Å²) >= 11 is 0. The first-order valence-corrected chi connectivity index (χ1v) is 6.89. The predicted molar refractivity (Wildman–Crippen MR) is 83.1 cm³/mol. The van der Waals surface area contributed by atoms with E-state index in [0.717, 1.165) is 33.9 Å². The second-order valence-electron chi connectivity index (χ2n) is 4.88. The molecule has 4 nitrogen and oxygen atoms in total. The molecule has 1 aromatic heterocycles. The van der Waals surface area contributed by atoms with Crippen molar-refractivity contribution in [1.29, 1.82) is 0 Å². The standard InChI is InChI=1S/C18H15NO3/c20-18(21)9-6-14-11-19-17-8-7-15(10-16(14)17)22-12-13-4-2-1-3-5-13/h1-11,19H,12H2,(H,20,21)/p-1/b9-6+. The van der Waals surface area contributed by atoms with Gasteiger partial charge in [0.05, 0.1) is 5.97 Å². The number of aromatic nitrogens is 1. The van der Waals surface area contributed by atoms with Crippen LogP contribution in [0.3, 0.4) is 0 Å². The van der Waals surface area contributed by atoms with Crippen molar-refractivity contribution in [3.8, 4) is 5.75 Å². The largest absolute Gasteiger partial charge is 0.545 e. The number of hydrogen-bond donors (Lipinski definition) is 1. The molecule has 0 radical (unpaired) electrons. The maximum Gasteiger partial charge on any atom is 0.120 e. The zero-order chi connectivity index (χ0) is 15.4. The molecule has 1 heterocycles. The van der Waals surface area contributed by atoms with Crippen LogP contribution in [-0.4, -0.2) is 11.0 Å². The summed E-state index contributed by atoms with van der Waals surface area (Å²) in [6.07, 6.45) is 4.28. The van der Waals surface area contributed by atoms with Crippen molar-refractivity contribution >= 4 is 22.9 Å². The summed E-state index contributed by atoms with van der Waals surface area (Å²) in [4.78, 5) is 13.6. The third-order valence-corrected chi connectivity index (χ3v) is 3.33. The van der Waals surface area contributed by atoms with E-state index in [1.54, 1.807) is 6.20 Å². The summed E-state index contributed by atoms with van der Waals surface area (Å²) in [5, 5.41) is 11.4. The van der Waals surface area contributed by atoms with Crippen LogP contribution in [0.15, 0.2) is 60.8 Å². The topological polar surface area (TPSA) is 65.1 Å². The maximum absolute atomic E-state index is 10.5. The van der Waals surface area contributed by atoms with E-state index in [-0.39, 0.29) is 0 Å². The van der Waals surface area contributed by atoms with Gasteiger partial charge >= 0.3 is 0 Å². The molecule has 110 valence electrons. The van der Waals surface area contributed by atoms with Crippen LogP contribution in [0.5, 0.6) is 5.75 Å². The number of benzene rings is 2. The van der Waals surface area contributed by atoms with Crippen LogP contribution in [0.1, 0.15) is 11.1 Å². The van der Waals surface area contributed by atoms with Gasteiger partial charge in [0.1, 0.15) is 12.4 Å². The molecule has 1 N–H and O–H groups in total. The highest BCUT2D eigenvalue weighted by Crippen LogP contribution is 2.25. The molecule has 0 amide bonds. The molecule has 0 aliphatic rings. The number of rotatable bonds is 5. The van der Waals surface area contributed by atoms with Gasteiger partial charge in [-0.2, -0.15) is 0 Å². The fraction of sp³-hybridized carbons (Fsp3) is 0.0556. The molecule has 0 fully saturated rings. The van der Waals surface area contributed by atoms with E-state index in [2.05, 4.69) is 4.98 Å². The smallest absolute Gasteiger partial charge is 0.120 e. The highest BCUT2D eigenvalue weighted by atomic mass is 16.5. The molecule has 0 atom stereocenters. The number of hydrogen-bond acceptors (Lipinski definition) is 3. The number of aromatic amines is 1. The fourth-order valence-electron chi connectivity index (χ4n) is 2.25. The lowest BCUT2D eigenvalue weighted by Crippen LogP contribution is -2.18. The van der Waals surface area contributed by atoms with Gasteiger partial charge in [-0.1, -0.05) is 36.4 Å². The second kappa shape index (κ2) is 6.18. The maximum atomic E-state index is 10.5. The van der Waals surface area contributed by atoms with Crippen molar-refractivity contribution < 1.29 is 14.6 Å². The number of fused-ring (bicyclic) bond motifs is 1. The molecule has 0 unspecified atom stereocenters. The minimum Gasteiger partial charge on any atom is -0.545 e. The molecule has 0 saturated carbocycles. The van der Waals surface area contributed by atoms with E-state index in [9.17, 15) is 9.90 Å². The molecular weight excluding hydrogens is 278 g/mol. The van der Waals surface area contributed by atoms with E-state index in [1.165, 1.54) is 6.08 Å². The van der Waals surface area contributed by atoms with Crippen LogP contribution >= 0.6 is 0 Å². The van der Waals surface area contributed by atoms with Crippen LogP contribution in [0.25, 0.3) is 17.0 Å². The molecular formula is C18H14NO3-. The van der Waals surface area contributed by atoms with Gasteiger partial charge in [0.2, 0.25) is 0 Å². The average Bonchev–Trinajstić information content (AvgIpc) is 2.94. The van der Waals surface area contributed by atoms with E-state index in [1.807, 2.05) is 48.5 Å². The van der Waals surface area contributed by atoms with Gasteiger partial charge < -0.3 is 19.6 Å². The van der Waals surface area contributed by atoms with Crippen LogP contribution in [0.2, 0.25) is 0 Å². The Morgan fingerprint density at radius 1 is 1.18 bits per heavy atom. The minimum atomic E-state index is -1.22. The van der Waals surface area contributed by atoms with Crippen molar-refractivity contribution in [3.63, 3.8) is 0 Å². The summed E-state index contributed by atoms with van der Waals surface area (Å²) in [6, 6.07) is 15.6. The number of carboxylic acids is 1. The third kappa shape index (κ3) is 3.17. The van der Waals surface area contributed by atoms with E-state index < -0.39 is 5.97 Å². The molecule has 0 spiro atoms.